The molecule has 31 heavy (non-hydrogen) atoms. The number of aromatic nitrogens is 1. The van der Waals surface area contributed by atoms with Gasteiger partial charge in [-0.3, -0.25) is 15.1 Å². The van der Waals surface area contributed by atoms with E-state index in [1.54, 1.807) is 36.7 Å². The largest absolute Gasteiger partial charge is 0.340 e. The summed E-state index contributed by atoms with van der Waals surface area (Å²) in [5.74, 6) is -0.216. The van der Waals surface area contributed by atoms with Crippen LogP contribution in [-0.4, -0.2) is 16.9 Å². The van der Waals surface area contributed by atoms with Crippen molar-refractivity contribution in [1.82, 2.24) is 10.3 Å². The number of thiophene rings is 1. The van der Waals surface area contributed by atoms with Crippen molar-refractivity contribution in [1.29, 1.82) is 0 Å². The van der Waals surface area contributed by atoms with Crippen molar-refractivity contribution >= 4 is 34.0 Å². The Kier molecular flexibility index (Phi) is 6.35. The molecule has 6 nitrogen and oxygen atoms in total. The van der Waals surface area contributed by atoms with Crippen molar-refractivity contribution in [3.05, 3.63) is 113 Å². The number of pyridine rings is 1. The van der Waals surface area contributed by atoms with Gasteiger partial charge in [-0.25, -0.2) is 4.79 Å². The van der Waals surface area contributed by atoms with E-state index in [0.717, 1.165) is 11.1 Å². The molecule has 0 saturated carbocycles. The first kappa shape index (κ1) is 20.3. The molecule has 0 radical (unpaired) electrons. The Morgan fingerprint density at radius 1 is 0.742 bits per heavy atom. The maximum atomic E-state index is 12.9. The molecule has 0 aliphatic heterocycles. The van der Waals surface area contributed by atoms with Gasteiger partial charge in [0.2, 0.25) is 0 Å². The van der Waals surface area contributed by atoms with Crippen molar-refractivity contribution in [3.8, 4) is 0 Å². The molecule has 3 amide bonds. The van der Waals surface area contributed by atoms with Crippen molar-refractivity contribution in [2.24, 2.45) is 0 Å². The van der Waals surface area contributed by atoms with Crippen molar-refractivity contribution < 1.29 is 9.59 Å². The third-order valence-electron chi connectivity index (χ3n) is 4.55. The molecule has 0 aliphatic carbocycles. The summed E-state index contributed by atoms with van der Waals surface area (Å²) in [7, 11) is 0. The highest BCUT2D eigenvalue weighted by Crippen LogP contribution is 2.25. The second kappa shape index (κ2) is 9.69. The van der Waals surface area contributed by atoms with E-state index < -0.39 is 0 Å². The Labute approximate surface area is 184 Å². The van der Waals surface area contributed by atoms with Crippen LogP contribution in [0.2, 0.25) is 0 Å². The molecular formula is C24H20N4O2S. The summed E-state index contributed by atoms with van der Waals surface area (Å²) in [6.45, 7) is 0. The average Bonchev–Trinajstić information content (AvgIpc) is 3.27. The molecule has 0 saturated heterocycles. The third-order valence-corrected chi connectivity index (χ3v) is 5.55. The Hall–Kier alpha value is -3.97. The van der Waals surface area contributed by atoms with Gasteiger partial charge in [0.25, 0.3) is 5.91 Å². The van der Waals surface area contributed by atoms with E-state index in [1.165, 1.54) is 11.3 Å². The summed E-state index contributed by atoms with van der Waals surface area (Å²) < 4.78 is 0. The van der Waals surface area contributed by atoms with Crippen LogP contribution in [0.5, 0.6) is 0 Å². The van der Waals surface area contributed by atoms with Crippen LogP contribution in [-0.2, 0) is 0 Å². The fourth-order valence-electron chi connectivity index (χ4n) is 3.09. The number of hydrogen-bond acceptors (Lipinski definition) is 4. The lowest BCUT2D eigenvalue weighted by Crippen LogP contribution is -2.28. The first-order chi connectivity index (χ1) is 15.2. The molecule has 1 atom stereocenters. The van der Waals surface area contributed by atoms with Gasteiger partial charge < -0.3 is 10.6 Å². The number of rotatable bonds is 6. The molecular weight excluding hydrogens is 408 g/mol. The van der Waals surface area contributed by atoms with Crippen LogP contribution in [0.25, 0.3) is 0 Å². The fraction of sp³-hybridized carbons (Fsp3) is 0.0417. The zero-order valence-electron chi connectivity index (χ0n) is 16.5. The summed E-state index contributed by atoms with van der Waals surface area (Å²) in [5.41, 5.74) is 2.60. The number of urea groups is 1. The summed E-state index contributed by atoms with van der Waals surface area (Å²) in [5, 5.41) is 9.19. The molecule has 2 heterocycles. The number of carbonyl (C=O) groups is 2. The van der Waals surface area contributed by atoms with Crippen LogP contribution >= 0.6 is 11.3 Å². The summed E-state index contributed by atoms with van der Waals surface area (Å²) in [4.78, 5) is 29.7. The molecule has 0 spiro atoms. The van der Waals surface area contributed by atoms with E-state index >= 15 is 0 Å². The van der Waals surface area contributed by atoms with E-state index in [4.69, 9.17) is 0 Å². The molecule has 7 heteroatoms. The molecule has 0 bridgehead atoms. The van der Waals surface area contributed by atoms with Gasteiger partial charge in [-0.1, -0.05) is 48.5 Å². The quantitative estimate of drug-likeness (QED) is 0.389. The lowest BCUT2D eigenvalue weighted by molar-refractivity contribution is 0.0947. The van der Waals surface area contributed by atoms with Crippen LogP contribution in [0, 0.1) is 0 Å². The summed E-state index contributed by atoms with van der Waals surface area (Å²) >= 11 is 1.22. The summed E-state index contributed by atoms with van der Waals surface area (Å²) in [6, 6.07) is 25.4. The minimum atomic E-state index is -0.362. The smallest absolute Gasteiger partial charge is 0.324 e. The number of anilines is 2. The molecule has 1 unspecified atom stereocenters. The molecule has 2 aromatic carbocycles. The first-order valence-electron chi connectivity index (χ1n) is 9.67. The molecule has 154 valence electrons. The third kappa shape index (κ3) is 5.34. The SMILES string of the molecule is O=C(Nc1ccccc1)Nc1ccc(C(=O)NC(c2ccccc2)c2ccncc2)s1. The molecule has 3 N–H and O–H groups in total. The monoisotopic (exact) mass is 428 g/mol. The number of carbonyl (C=O) groups excluding carboxylic acids is 2. The van der Waals surface area contributed by atoms with E-state index in [9.17, 15) is 9.59 Å². The fourth-order valence-corrected chi connectivity index (χ4v) is 3.89. The molecule has 2 aromatic heterocycles. The second-order valence-electron chi connectivity index (χ2n) is 6.71. The highest BCUT2D eigenvalue weighted by molar-refractivity contribution is 7.18. The topological polar surface area (TPSA) is 83.1 Å². The van der Waals surface area contributed by atoms with Gasteiger partial charge in [0.15, 0.2) is 0 Å². The lowest BCUT2D eigenvalue weighted by atomic mass is 9.99. The number of hydrogen-bond donors (Lipinski definition) is 3. The maximum absolute atomic E-state index is 12.9. The van der Waals surface area contributed by atoms with Crippen molar-refractivity contribution in [2.75, 3.05) is 10.6 Å². The van der Waals surface area contributed by atoms with E-state index in [2.05, 4.69) is 20.9 Å². The lowest BCUT2D eigenvalue weighted by Gasteiger charge is -2.19. The van der Waals surface area contributed by atoms with Crippen LogP contribution in [0.4, 0.5) is 15.5 Å². The number of nitrogens with one attached hydrogen (secondary N) is 3. The Morgan fingerprint density at radius 2 is 1.39 bits per heavy atom. The van der Waals surface area contributed by atoms with E-state index in [0.29, 0.717) is 15.6 Å². The van der Waals surface area contributed by atoms with Gasteiger partial charge >= 0.3 is 6.03 Å². The van der Waals surface area contributed by atoms with Crippen LogP contribution in [0.3, 0.4) is 0 Å². The highest BCUT2D eigenvalue weighted by Gasteiger charge is 2.19. The van der Waals surface area contributed by atoms with Gasteiger partial charge in [-0.15, -0.1) is 11.3 Å². The minimum absolute atomic E-state index is 0.216. The normalized spacial score (nSPS) is 11.4. The molecule has 0 fully saturated rings. The predicted molar refractivity (Wildman–Crippen MR) is 123 cm³/mol. The zero-order chi connectivity index (χ0) is 21.5. The van der Waals surface area contributed by atoms with E-state index in [1.807, 2.05) is 60.7 Å². The number of benzene rings is 2. The second-order valence-corrected chi connectivity index (χ2v) is 7.79. The minimum Gasteiger partial charge on any atom is -0.340 e. The van der Waals surface area contributed by atoms with Gasteiger partial charge in [-0.05, 0) is 47.5 Å². The number of nitrogens with zero attached hydrogens (tertiary/aromatic N) is 1. The maximum Gasteiger partial charge on any atom is 0.324 e. The first-order valence-corrected chi connectivity index (χ1v) is 10.5. The van der Waals surface area contributed by atoms with E-state index in [-0.39, 0.29) is 18.0 Å². The van der Waals surface area contributed by atoms with Crippen molar-refractivity contribution in [2.45, 2.75) is 6.04 Å². The van der Waals surface area contributed by atoms with Gasteiger partial charge in [0.1, 0.15) is 0 Å². The molecule has 4 rings (SSSR count). The number of para-hydroxylation sites is 1. The van der Waals surface area contributed by atoms with Crippen LogP contribution in [0.15, 0.2) is 97.3 Å². The van der Waals surface area contributed by atoms with Gasteiger partial charge in [0, 0.05) is 18.1 Å². The predicted octanol–water partition coefficient (Wildman–Crippen LogP) is 5.31. The van der Waals surface area contributed by atoms with Crippen LogP contribution < -0.4 is 16.0 Å². The zero-order valence-corrected chi connectivity index (χ0v) is 17.3. The molecule has 4 aromatic rings. The Bertz CT molecular complexity index is 1110. The number of amides is 3. The Balaban J connectivity index is 1.45. The van der Waals surface area contributed by atoms with Crippen LogP contribution in [0.1, 0.15) is 26.8 Å². The summed E-state index contributed by atoms with van der Waals surface area (Å²) in [6.07, 6.45) is 3.41. The van der Waals surface area contributed by atoms with Crippen molar-refractivity contribution in [3.63, 3.8) is 0 Å². The average molecular weight is 429 g/mol. The molecule has 0 aliphatic rings. The standard InChI is InChI=1S/C24H20N4O2S/c29-23(28-22(17-7-3-1-4-8-17)18-13-15-25-16-14-18)20-11-12-21(31-20)27-24(30)26-19-9-5-2-6-10-19/h1-16,22H,(H,28,29)(H2,26,27,30). The van der Waals surface area contributed by atoms with Gasteiger partial charge in [-0.2, -0.15) is 0 Å². The highest BCUT2D eigenvalue weighted by atomic mass is 32.1. The Morgan fingerprint density at radius 3 is 2.10 bits per heavy atom. The van der Waals surface area contributed by atoms with Gasteiger partial charge in [0.05, 0.1) is 15.9 Å².